The summed E-state index contributed by atoms with van der Waals surface area (Å²) >= 11 is 0. The number of anilines is 1. The first-order chi connectivity index (χ1) is 16.9. The summed E-state index contributed by atoms with van der Waals surface area (Å²) in [6, 6.07) is 5.29. The van der Waals surface area contributed by atoms with Crippen LogP contribution in [-0.2, 0) is 17.8 Å². The minimum atomic E-state index is -0.220. The molecule has 2 amide bonds. The summed E-state index contributed by atoms with van der Waals surface area (Å²) in [7, 11) is 3.31. The van der Waals surface area contributed by atoms with Gasteiger partial charge in [0.25, 0.3) is 11.8 Å². The highest BCUT2D eigenvalue weighted by Crippen LogP contribution is 2.33. The molecule has 2 aromatic heterocycles. The van der Waals surface area contributed by atoms with Gasteiger partial charge in [0, 0.05) is 38.7 Å². The number of imidazole rings is 1. The first kappa shape index (κ1) is 24.7. The van der Waals surface area contributed by atoms with Crippen LogP contribution in [0, 0.1) is 12.8 Å². The second-order valence-electron chi connectivity index (χ2n) is 8.88. The van der Waals surface area contributed by atoms with Gasteiger partial charge < -0.3 is 19.4 Å². The van der Waals surface area contributed by atoms with Gasteiger partial charge in [0.1, 0.15) is 17.0 Å². The molecule has 1 fully saturated rings. The van der Waals surface area contributed by atoms with Crippen molar-refractivity contribution in [3.63, 3.8) is 0 Å². The van der Waals surface area contributed by atoms with Crippen LogP contribution in [0.3, 0.4) is 0 Å². The van der Waals surface area contributed by atoms with E-state index < -0.39 is 0 Å². The van der Waals surface area contributed by atoms with Gasteiger partial charge in [0.2, 0.25) is 5.95 Å². The van der Waals surface area contributed by atoms with E-state index in [1.807, 2.05) is 18.4 Å². The van der Waals surface area contributed by atoms with E-state index in [0.717, 1.165) is 37.3 Å². The second kappa shape index (κ2) is 10.5. The first-order valence-electron chi connectivity index (χ1n) is 12.2. The third-order valence-corrected chi connectivity index (χ3v) is 6.24. The monoisotopic (exact) mass is 482 g/mol. The Morgan fingerprint density at radius 3 is 2.66 bits per heavy atom. The van der Waals surface area contributed by atoms with Crippen LogP contribution < -0.4 is 15.0 Å². The highest BCUT2D eigenvalue weighted by atomic mass is 16.5. The summed E-state index contributed by atoms with van der Waals surface area (Å²) in [5.74, 6) is 1.17. The van der Waals surface area contributed by atoms with Crippen molar-refractivity contribution in [2.45, 2.75) is 46.7 Å². The number of hydrogen-bond donors (Lipinski definition) is 1. The number of amides is 2. The zero-order valence-corrected chi connectivity index (χ0v) is 21.1. The molecular weight excluding hydrogens is 448 g/mol. The molecule has 0 radical (unpaired) electrons. The fourth-order valence-corrected chi connectivity index (χ4v) is 4.30. The molecule has 1 saturated heterocycles. The topological polar surface area (TPSA) is 104 Å². The molecule has 3 aromatic rings. The van der Waals surface area contributed by atoms with Crippen molar-refractivity contribution in [1.82, 2.24) is 24.6 Å². The maximum Gasteiger partial charge on any atom is 0.278 e. The number of carbonyl (C=O) groups is 2. The van der Waals surface area contributed by atoms with E-state index in [1.165, 1.54) is 0 Å². The number of nitrogens with zero attached hydrogens (tertiary/aromatic N) is 5. The van der Waals surface area contributed by atoms with Crippen molar-refractivity contribution < 1.29 is 19.1 Å². The van der Waals surface area contributed by atoms with E-state index in [1.54, 1.807) is 41.9 Å². The summed E-state index contributed by atoms with van der Waals surface area (Å²) in [5, 5.41) is 7.08. The molecule has 4 rings (SSSR count). The van der Waals surface area contributed by atoms with E-state index in [9.17, 15) is 9.59 Å². The van der Waals surface area contributed by atoms with Gasteiger partial charge >= 0.3 is 0 Å². The van der Waals surface area contributed by atoms with Crippen molar-refractivity contribution in [3.8, 4) is 5.75 Å². The summed E-state index contributed by atoms with van der Waals surface area (Å²) < 4.78 is 15.2. The van der Waals surface area contributed by atoms with Crippen molar-refractivity contribution in [2.24, 2.45) is 5.92 Å². The van der Waals surface area contributed by atoms with Crippen LogP contribution in [0.5, 0.6) is 5.75 Å². The lowest BCUT2D eigenvalue weighted by Crippen LogP contribution is -2.31. The smallest absolute Gasteiger partial charge is 0.278 e. The van der Waals surface area contributed by atoms with Gasteiger partial charge in [-0.1, -0.05) is 6.92 Å². The summed E-state index contributed by atoms with van der Waals surface area (Å²) in [4.78, 5) is 32.3. The maximum absolute atomic E-state index is 13.5. The molecular formula is C25H34N6O4. The van der Waals surface area contributed by atoms with E-state index >= 15 is 0 Å². The third kappa shape index (κ3) is 4.88. The highest BCUT2D eigenvalue weighted by molar-refractivity contribution is 6.05. The quantitative estimate of drug-likeness (QED) is 0.476. The van der Waals surface area contributed by atoms with Gasteiger partial charge in [0.05, 0.1) is 31.0 Å². The van der Waals surface area contributed by atoms with E-state index in [4.69, 9.17) is 14.5 Å². The molecule has 10 heteroatoms. The van der Waals surface area contributed by atoms with Crippen LogP contribution in [0.15, 0.2) is 18.2 Å². The van der Waals surface area contributed by atoms with Gasteiger partial charge in [-0.2, -0.15) is 5.10 Å². The minimum Gasteiger partial charge on any atom is -0.491 e. The minimum absolute atomic E-state index is 0.195. The van der Waals surface area contributed by atoms with Crippen LogP contribution >= 0.6 is 0 Å². The van der Waals surface area contributed by atoms with Crippen molar-refractivity contribution in [2.75, 3.05) is 38.8 Å². The van der Waals surface area contributed by atoms with Gasteiger partial charge in [-0.15, -0.1) is 0 Å². The summed E-state index contributed by atoms with van der Waals surface area (Å²) in [6.45, 7) is 9.16. The molecule has 0 spiro atoms. The standard InChI is InChI=1S/C25H34N6O4/c1-6-9-30-22-19(27-25(30)29(5)24(33)20-11-16(3)28-31(20)7-2)12-18(23(32)26-4)13-21(22)35-10-8-17-14-34-15-17/h11-13,17H,6-10,14-15H2,1-5H3,(H,26,32). The molecule has 1 aromatic carbocycles. The van der Waals surface area contributed by atoms with Crippen LogP contribution in [0.1, 0.15) is 53.2 Å². The third-order valence-electron chi connectivity index (χ3n) is 6.24. The van der Waals surface area contributed by atoms with Crippen LogP contribution in [0.2, 0.25) is 0 Å². The number of rotatable bonds is 10. The largest absolute Gasteiger partial charge is 0.491 e. The van der Waals surface area contributed by atoms with Gasteiger partial charge in [-0.3, -0.25) is 19.2 Å². The fraction of sp³-hybridized carbons (Fsp3) is 0.520. The highest BCUT2D eigenvalue weighted by Gasteiger charge is 2.26. The van der Waals surface area contributed by atoms with Crippen molar-refractivity contribution >= 4 is 28.8 Å². The normalized spacial score (nSPS) is 13.6. The Labute approximate surface area is 205 Å². The Morgan fingerprint density at radius 2 is 2.03 bits per heavy atom. The van der Waals surface area contributed by atoms with Gasteiger partial charge in [-0.25, -0.2) is 4.98 Å². The Balaban J connectivity index is 1.77. The molecule has 10 nitrogen and oxygen atoms in total. The average molecular weight is 483 g/mol. The van der Waals surface area contributed by atoms with Crippen molar-refractivity contribution in [3.05, 3.63) is 35.2 Å². The van der Waals surface area contributed by atoms with Crippen LogP contribution in [0.25, 0.3) is 11.0 Å². The first-order valence-corrected chi connectivity index (χ1v) is 12.2. The van der Waals surface area contributed by atoms with Gasteiger partial charge in [-0.05, 0) is 44.9 Å². The number of aromatic nitrogens is 4. The maximum atomic E-state index is 13.5. The number of hydrogen-bond acceptors (Lipinski definition) is 6. The van der Waals surface area contributed by atoms with E-state index in [2.05, 4.69) is 17.3 Å². The molecule has 1 aliphatic heterocycles. The molecule has 1 aliphatic rings. The molecule has 3 heterocycles. The molecule has 0 bridgehead atoms. The number of aryl methyl sites for hydroxylation is 3. The summed E-state index contributed by atoms with van der Waals surface area (Å²) in [6.07, 6.45) is 1.71. The summed E-state index contributed by atoms with van der Waals surface area (Å²) in [5.41, 5.74) is 3.14. The lowest BCUT2D eigenvalue weighted by molar-refractivity contribution is -0.0400. The molecule has 1 N–H and O–H groups in total. The van der Waals surface area contributed by atoms with E-state index in [0.29, 0.717) is 54.1 Å². The van der Waals surface area contributed by atoms with Crippen molar-refractivity contribution in [1.29, 1.82) is 0 Å². The Morgan fingerprint density at radius 1 is 1.26 bits per heavy atom. The lowest BCUT2D eigenvalue weighted by Gasteiger charge is -2.25. The molecule has 0 atom stereocenters. The zero-order valence-electron chi connectivity index (χ0n) is 21.1. The molecule has 0 aliphatic carbocycles. The predicted molar refractivity (Wildman–Crippen MR) is 133 cm³/mol. The van der Waals surface area contributed by atoms with Gasteiger partial charge in [0.15, 0.2) is 0 Å². The number of benzene rings is 1. The molecule has 35 heavy (non-hydrogen) atoms. The number of nitrogens with one attached hydrogen (secondary N) is 1. The molecule has 0 unspecified atom stereocenters. The number of ether oxygens (including phenoxy) is 2. The Bertz CT molecular complexity index is 1230. The zero-order chi connectivity index (χ0) is 25.1. The molecule has 0 saturated carbocycles. The number of fused-ring (bicyclic) bond motifs is 1. The predicted octanol–water partition coefficient (Wildman–Crippen LogP) is 3.02. The van der Waals surface area contributed by atoms with Crippen LogP contribution in [-0.4, -0.2) is 65.1 Å². The SMILES string of the molecule is CCCn1c(N(C)C(=O)c2cc(C)nn2CC)nc2cc(C(=O)NC)cc(OCCC3COC3)c21. The molecule has 188 valence electrons. The van der Waals surface area contributed by atoms with Crippen LogP contribution in [0.4, 0.5) is 5.95 Å². The Hall–Kier alpha value is -3.40. The average Bonchev–Trinajstić information content (AvgIpc) is 3.39. The fourth-order valence-electron chi connectivity index (χ4n) is 4.30. The number of carbonyl (C=O) groups excluding carboxylic acids is 2. The second-order valence-corrected chi connectivity index (χ2v) is 8.88. The Kier molecular flexibility index (Phi) is 7.39. The van der Waals surface area contributed by atoms with E-state index in [-0.39, 0.29) is 11.8 Å². The lowest BCUT2D eigenvalue weighted by atomic mass is 10.1.